The largest absolute Gasteiger partial charge is 0.416 e. The minimum Gasteiger partial charge on any atom is -0.352 e. The lowest BCUT2D eigenvalue weighted by atomic mass is 10.0. The Bertz CT molecular complexity index is 1150. The molecule has 3 aromatic rings. The predicted molar refractivity (Wildman–Crippen MR) is 108 cm³/mol. The van der Waals surface area contributed by atoms with Crippen molar-refractivity contribution in [3.63, 3.8) is 0 Å². The molecule has 0 N–H and O–H groups in total. The Morgan fingerprint density at radius 1 is 0.853 bits per heavy atom. The first-order chi connectivity index (χ1) is 15.9. The summed E-state index contributed by atoms with van der Waals surface area (Å²) in [5, 5.41) is 8.34. The lowest BCUT2D eigenvalue weighted by Crippen LogP contribution is -2.49. The fourth-order valence-electron chi connectivity index (χ4n) is 3.64. The van der Waals surface area contributed by atoms with Gasteiger partial charge in [-0.2, -0.15) is 26.3 Å². The Labute approximate surface area is 189 Å². The second kappa shape index (κ2) is 8.61. The van der Waals surface area contributed by atoms with Gasteiger partial charge in [0.1, 0.15) is 5.82 Å². The summed E-state index contributed by atoms with van der Waals surface area (Å²) in [5.74, 6) is 0.940. The van der Waals surface area contributed by atoms with Gasteiger partial charge in [0, 0.05) is 44.1 Å². The van der Waals surface area contributed by atoms with Crippen LogP contribution in [0.5, 0.6) is 0 Å². The molecule has 0 bridgehead atoms. The number of hydrogen-bond donors (Lipinski definition) is 0. The maximum absolute atomic E-state index is 13.1. The number of halogens is 6. The maximum Gasteiger partial charge on any atom is 0.416 e. The van der Waals surface area contributed by atoms with E-state index in [0.29, 0.717) is 23.8 Å². The van der Waals surface area contributed by atoms with E-state index in [1.54, 1.807) is 29.1 Å². The molecular weight excluding hydrogens is 466 g/mol. The molecule has 1 aromatic carbocycles. The number of nitrogens with zero attached hydrogens (tertiary/aromatic N) is 6. The van der Waals surface area contributed by atoms with Crippen LogP contribution in [0.25, 0.3) is 5.82 Å². The summed E-state index contributed by atoms with van der Waals surface area (Å²) in [5.41, 5.74) is -3.70. The van der Waals surface area contributed by atoms with E-state index in [2.05, 4.69) is 15.2 Å². The van der Waals surface area contributed by atoms with Crippen LogP contribution in [-0.2, 0) is 12.4 Å². The molecule has 1 aliphatic rings. The van der Waals surface area contributed by atoms with Crippen LogP contribution in [0.1, 0.15) is 27.3 Å². The summed E-state index contributed by atoms with van der Waals surface area (Å²) in [6.07, 6.45) is -6.67. The third-order valence-electron chi connectivity index (χ3n) is 5.43. The Morgan fingerprint density at radius 3 is 1.88 bits per heavy atom. The topological polar surface area (TPSA) is 67.2 Å². The minimum atomic E-state index is -5.02. The molecule has 0 atom stereocenters. The third kappa shape index (κ3) is 4.82. The van der Waals surface area contributed by atoms with E-state index in [9.17, 15) is 31.1 Å². The Hall–Kier alpha value is -3.64. The molecule has 4 rings (SSSR count). The number of amides is 1. The van der Waals surface area contributed by atoms with E-state index in [1.807, 2.05) is 11.8 Å². The van der Waals surface area contributed by atoms with Crippen LogP contribution in [0.2, 0.25) is 0 Å². The highest BCUT2D eigenvalue weighted by atomic mass is 19.4. The van der Waals surface area contributed by atoms with Gasteiger partial charge < -0.3 is 9.80 Å². The number of imidazole rings is 1. The van der Waals surface area contributed by atoms with Gasteiger partial charge in [0.25, 0.3) is 5.91 Å². The number of alkyl halides is 6. The molecule has 0 radical (unpaired) electrons. The van der Waals surface area contributed by atoms with E-state index in [-0.39, 0.29) is 32.2 Å². The van der Waals surface area contributed by atoms with E-state index >= 15 is 0 Å². The fraction of sp³-hybridized carbons (Fsp3) is 0.333. The van der Waals surface area contributed by atoms with Crippen molar-refractivity contribution in [3.05, 3.63) is 65.2 Å². The summed E-state index contributed by atoms with van der Waals surface area (Å²) in [6.45, 7) is 2.58. The van der Waals surface area contributed by atoms with Gasteiger partial charge in [0.05, 0.1) is 11.1 Å². The van der Waals surface area contributed by atoms with Crippen molar-refractivity contribution in [2.75, 3.05) is 31.1 Å². The van der Waals surface area contributed by atoms with Gasteiger partial charge in [-0.1, -0.05) is 0 Å². The van der Waals surface area contributed by atoms with Crippen LogP contribution in [0.4, 0.5) is 32.2 Å². The standard InChI is InChI=1S/C21H18F6N6O/c1-13-28-4-5-33(13)18-3-2-17(29-30-18)31-6-8-32(9-7-31)19(34)14-10-15(20(22,23)24)12-16(11-14)21(25,26)27/h2-5,10-12H,6-9H2,1H3. The van der Waals surface area contributed by atoms with Crippen LogP contribution in [-0.4, -0.2) is 56.7 Å². The Balaban J connectivity index is 1.47. The van der Waals surface area contributed by atoms with Crippen LogP contribution in [0.3, 0.4) is 0 Å². The van der Waals surface area contributed by atoms with Crippen molar-refractivity contribution in [3.8, 4) is 5.82 Å². The highest BCUT2D eigenvalue weighted by molar-refractivity contribution is 5.95. The first-order valence-electron chi connectivity index (χ1n) is 10.1. The molecule has 0 aliphatic carbocycles. The van der Waals surface area contributed by atoms with Gasteiger partial charge >= 0.3 is 12.4 Å². The van der Waals surface area contributed by atoms with Crippen molar-refractivity contribution < 1.29 is 31.1 Å². The first kappa shape index (κ1) is 23.5. The summed E-state index contributed by atoms with van der Waals surface area (Å²) in [4.78, 5) is 19.9. The molecule has 1 amide bonds. The number of anilines is 1. The van der Waals surface area contributed by atoms with Crippen molar-refractivity contribution in [2.24, 2.45) is 0 Å². The summed E-state index contributed by atoms with van der Waals surface area (Å²) >= 11 is 0. The number of rotatable bonds is 3. The third-order valence-corrected chi connectivity index (χ3v) is 5.43. The number of carbonyl (C=O) groups is 1. The molecular formula is C21H18F6N6O. The number of benzene rings is 1. The van der Waals surface area contributed by atoms with E-state index in [4.69, 9.17) is 0 Å². The molecule has 0 unspecified atom stereocenters. The molecule has 34 heavy (non-hydrogen) atoms. The average Bonchev–Trinajstić information content (AvgIpc) is 3.23. The molecule has 1 fully saturated rings. The van der Waals surface area contributed by atoms with E-state index in [1.165, 1.54) is 4.90 Å². The lowest BCUT2D eigenvalue weighted by Gasteiger charge is -2.35. The average molecular weight is 484 g/mol. The highest BCUT2D eigenvalue weighted by Crippen LogP contribution is 2.36. The van der Waals surface area contributed by atoms with E-state index < -0.39 is 35.0 Å². The van der Waals surface area contributed by atoms with Gasteiger partial charge in [0.15, 0.2) is 11.6 Å². The second-order valence-electron chi connectivity index (χ2n) is 7.67. The molecule has 0 saturated carbocycles. The van der Waals surface area contributed by atoms with Crippen LogP contribution in [0, 0.1) is 6.92 Å². The molecule has 2 aromatic heterocycles. The molecule has 0 spiro atoms. The van der Waals surface area contributed by atoms with Gasteiger partial charge in [-0.15, -0.1) is 10.2 Å². The van der Waals surface area contributed by atoms with Gasteiger partial charge in [-0.3, -0.25) is 9.36 Å². The van der Waals surface area contributed by atoms with Gasteiger partial charge in [-0.25, -0.2) is 4.98 Å². The molecule has 1 aliphatic heterocycles. The first-order valence-corrected chi connectivity index (χ1v) is 10.1. The number of carbonyl (C=O) groups excluding carboxylic acids is 1. The second-order valence-corrected chi connectivity index (χ2v) is 7.67. The molecule has 13 heteroatoms. The predicted octanol–water partition coefficient (Wildman–Crippen LogP) is 3.97. The molecule has 180 valence electrons. The van der Waals surface area contributed by atoms with Crippen molar-refractivity contribution >= 4 is 11.7 Å². The van der Waals surface area contributed by atoms with Crippen LogP contribution in [0.15, 0.2) is 42.7 Å². The Morgan fingerprint density at radius 2 is 1.41 bits per heavy atom. The highest BCUT2D eigenvalue weighted by Gasteiger charge is 2.38. The summed E-state index contributed by atoms with van der Waals surface area (Å²) in [6, 6.07) is 4.39. The smallest absolute Gasteiger partial charge is 0.352 e. The van der Waals surface area contributed by atoms with Crippen LogP contribution >= 0.6 is 0 Å². The molecule has 7 nitrogen and oxygen atoms in total. The summed E-state index contributed by atoms with van der Waals surface area (Å²) in [7, 11) is 0. The van der Waals surface area contributed by atoms with Crippen LogP contribution < -0.4 is 4.90 Å². The normalized spacial score (nSPS) is 15.0. The fourth-order valence-corrected chi connectivity index (χ4v) is 3.64. The van der Waals surface area contributed by atoms with Gasteiger partial charge in [-0.05, 0) is 37.3 Å². The zero-order chi connectivity index (χ0) is 24.7. The number of piperazine rings is 1. The van der Waals surface area contributed by atoms with Crippen molar-refractivity contribution in [1.29, 1.82) is 0 Å². The van der Waals surface area contributed by atoms with E-state index in [0.717, 1.165) is 5.82 Å². The van der Waals surface area contributed by atoms with Crippen molar-refractivity contribution in [2.45, 2.75) is 19.3 Å². The zero-order valence-corrected chi connectivity index (χ0v) is 17.7. The monoisotopic (exact) mass is 484 g/mol. The number of aryl methyl sites for hydroxylation is 1. The Kier molecular flexibility index (Phi) is 5.96. The number of hydrogen-bond acceptors (Lipinski definition) is 5. The quantitative estimate of drug-likeness (QED) is 0.527. The minimum absolute atomic E-state index is 0.00232. The number of aromatic nitrogens is 4. The molecule has 1 saturated heterocycles. The zero-order valence-electron chi connectivity index (χ0n) is 17.7. The SMILES string of the molecule is Cc1nccn1-c1ccc(N2CCN(C(=O)c3cc(C(F)(F)F)cc(C(F)(F)F)c3)CC2)nn1. The summed E-state index contributed by atoms with van der Waals surface area (Å²) < 4.78 is 80.4. The lowest BCUT2D eigenvalue weighted by molar-refractivity contribution is -0.143. The van der Waals surface area contributed by atoms with Crippen molar-refractivity contribution in [1.82, 2.24) is 24.6 Å². The van der Waals surface area contributed by atoms with Gasteiger partial charge in [0.2, 0.25) is 0 Å². The molecule has 3 heterocycles. The maximum atomic E-state index is 13.1.